The van der Waals surface area contributed by atoms with Crippen molar-refractivity contribution in [2.24, 2.45) is 21.6 Å². The van der Waals surface area contributed by atoms with Crippen LogP contribution in [0.5, 0.6) is 28.7 Å². The number of aliphatic imine (C=N–C) groups is 2. The molecule has 0 spiro atoms. The van der Waals surface area contributed by atoms with Crippen LogP contribution in [-0.2, 0) is 28.8 Å². The van der Waals surface area contributed by atoms with Crippen molar-refractivity contribution in [1.82, 2.24) is 25.3 Å². The molecular formula is C63H71N9O14S. The van der Waals surface area contributed by atoms with Gasteiger partial charge in [-0.25, -0.2) is 0 Å². The van der Waals surface area contributed by atoms with E-state index in [-0.39, 0.29) is 85.9 Å². The van der Waals surface area contributed by atoms with Gasteiger partial charge >= 0.3 is 5.97 Å². The highest BCUT2D eigenvalue weighted by molar-refractivity contribution is 8.00. The molecule has 0 radical (unpaired) electrons. The summed E-state index contributed by atoms with van der Waals surface area (Å²) in [4.78, 5) is 118. The van der Waals surface area contributed by atoms with E-state index < -0.39 is 41.2 Å². The molecule has 1 fully saturated rings. The normalized spacial score (nSPS) is 18.5. The van der Waals surface area contributed by atoms with Gasteiger partial charge in [0.25, 0.3) is 11.8 Å². The molecule has 7 amide bonds. The third-order valence-corrected chi connectivity index (χ3v) is 16.8. The monoisotopic (exact) mass is 1210 g/mol. The molecule has 0 bridgehead atoms. The predicted octanol–water partition coefficient (Wildman–Crippen LogP) is 6.92. The number of carboxylic acid groups (broad SMARTS) is 1. The lowest BCUT2D eigenvalue weighted by Gasteiger charge is -2.24. The smallest absolute Gasteiger partial charge is 0.321 e. The van der Waals surface area contributed by atoms with Crippen LogP contribution in [0, 0.1) is 5.92 Å². The average molecular weight is 1210 g/mol. The van der Waals surface area contributed by atoms with Crippen molar-refractivity contribution >= 4 is 99.7 Å². The van der Waals surface area contributed by atoms with Gasteiger partial charge in [-0.05, 0) is 84.4 Å². The van der Waals surface area contributed by atoms with Crippen molar-refractivity contribution in [3.8, 4) is 28.7 Å². The Balaban J connectivity index is 0.715. The first kappa shape index (κ1) is 62.5. The molecule has 24 heteroatoms. The van der Waals surface area contributed by atoms with E-state index in [0.717, 1.165) is 39.8 Å². The average Bonchev–Trinajstić information content (AvgIpc) is 1.99. The Morgan fingerprint density at radius 3 is 1.75 bits per heavy atom. The summed E-state index contributed by atoms with van der Waals surface area (Å²) in [5, 5.41) is 16.6. The van der Waals surface area contributed by atoms with Crippen molar-refractivity contribution in [3.05, 3.63) is 107 Å². The number of amides is 7. The number of carbonyl (C=O) groups excluding carboxylic acids is 7. The van der Waals surface area contributed by atoms with Crippen LogP contribution in [0.2, 0.25) is 0 Å². The standard InChI is InChI=1S/C63H71N9O14S/c1-35(2)57(69-55(73)11-8-7-9-20-70-56(74)29-54(62(70)79)87-34-47(64)63(80)81)59(76)67-36(3)58(75)68-41-16-12-37(13-17-41)39-23-42-30-65-48-27-52(50(83-5)25-45(48)60(77)71(42)32-39)85-21-10-22-86-53-28-49-46(26-51(53)84-6)61(78)72-33-40(24-43(72)31-66-49)38-14-18-44(82-4)19-15-38/h12-19,25-28,30-33,35-36,42-43,47,54,57H,7-11,20-24,29,34,64H2,1-6H3,(H,67,76)(H,68,75)(H,69,73)(H,80,81)/t36-,42-,43-,47-,54+,57-/m0/s1. The van der Waals surface area contributed by atoms with Crippen molar-refractivity contribution < 1.29 is 67.1 Å². The fraction of sp³-hybridized carbons (Fsp3) is 0.397. The number of anilines is 1. The molecule has 9 rings (SSSR count). The van der Waals surface area contributed by atoms with Gasteiger partial charge in [-0.1, -0.05) is 44.5 Å². The molecule has 458 valence electrons. The van der Waals surface area contributed by atoms with Gasteiger partial charge in [0, 0.05) is 87.1 Å². The van der Waals surface area contributed by atoms with Gasteiger partial charge in [0.2, 0.25) is 29.5 Å². The first-order valence-corrected chi connectivity index (χ1v) is 29.8. The number of thioether (sulfide) groups is 1. The van der Waals surface area contributed by atoms with Crippen LogP contribution in [0.15, 0.2) is 95.2 Å². The SMILES string of the molecule is COc1ccc(C2=CN3C(=O)c4cc(OC)c(OCCCOc5cc6c(cc5OC)C(=O)N5C=C(c7ccc(NC(=O)[C@H](C)NC(=O)[C@@H](NC(=O)CCCCCN8C(=O)C[C@@H](SC[C@H](N)C(=O)O)C8=O)C(C)C)cc7)C[C@H]5C=N6)cc4N=C[C@@H]3C2)cc1. The van der Waals surface area contributed by atoms with Gasteiger partial charge in [-0.15, -0.1) is 11.8 Å². The number of nitrogens with two attached hydrogens (primary N) is 1. The van der Waals surface area contributed by atoms with E-state index in [0.29, 0.717) is 89.7 Å². The summed E-state index contributed by atoms with van der Waals surface area (Å²) < 4.78 is 29.0. The van der Waals surface area contributed by atoms with E-state index in [1.807, 2.05) is 42.6 Å². The lowest BCUT2D eigenvalue weighted by Crippen LogP contribution is -2.53. The predicted molar refractivity (Wildman–Crippen MR) is 327 cm³/mol. The fourth-order valence-electron chi connectivity index (χ4n) is 10.6. The number of carboxylic acids is 1. The number of hydrogen-bond donors (Lipinski definition) is 5. The van der Waals surface area contributed by atoms with Gasteiger partial charge < -0.3 is 60.3 Å². The molecule has 23 nitrogen and oxygen atoms in total. The maximum atomic E-state index is 14.1. The minimum atomic E-state index is -1.18. The fourth-order valence-corrected chi connectivity index (χ4v) is 11.7. The van der Waals surface area contributed by atoms with Crippen LogP contribution in [0.4, 0.5) is 17.1 Å². The first-order chi connectivity index (χ1) is 41.8. The molecule has 5 heterocycles. The second-order valence-corrected chi connectivity index (χ2v) is 23.1. The van der Waals surface area contributed by atoms with Gasteiger partial charge in [0.15, 0.2) is 23.0 Å². The molecule has 5 aliphatic rings. The highest BCUT2D eigenvalue weighted by Crippen LogP contribution is 2.42. The zero-order valence-corrected chi connectivity index (χ0v) is 50.1. The molecule has 6 N–H and O–H groups in total. The van der Waals surface area contributed by atoms with Crippen LogP contribution in [0.3, 0.4) is 0 Å². The Labute approximate surface area is 507 Å². The summed E-state index contributed by atoms with van der Waals surface area (Å²) in [6.07, 6.45) is 10.3. The number of carbonyl (C=O) groups is 8. The lowest BCUT2D eigenvalue weighted by molar-refractivity contribution is -0.139. The molecule has 5 aliphatic heterocycles. The van der Waals surface area contributed by atoms with E-state index in [4.69, 9.17) is 44.5 Å². The molecule has 4 aromatic rings. The van der Waals surface area contributed by atoms with Crippen LogP contribution >= 0.6 is 11.8 Å². The Hall–Kier alpha value is -9.03. The Bertz CT molecular complexity index is 3440. The number of imide groups is 1. The van der Waals surface area contributed by atoms with Crippen LogP contribution in [-0.4, -0.2) is 162 Å². The number of methoxy groups -OCH3 is 3. The van der Waals surface area contributed by atoms with Crippen LogP contribution < -0.4 is 45.4 Å². The second kappa shape index (κ2) is 28.0. The largest absolute Gasteiger partial charge is 0.497 e. The minimum absolute atomic E-state index is 0.00837. The molecule has 87 heavy (non-hydrogen) atoms. The molecule has 4 aromatic carbocycles. The van der Waals surface area contributed by atoms with Crippen molar-refractivity contribution in [2.75, 3.05) is 52.2 Å². The number of nitrogens with one attached hydrogen (secondary N) is 3. The zero-order valence-electron chi connectivity index (χ0n) is 49.2. The Morgan fingerprint density at radius 2 is 1.23 bits per heavy atom. The number of aliphatic carboxylic acids is 1. The van der Waals surface area contributed by atoms with Crippen molar-refractivity contribution in [1.29, 1.82) is 0 Å². The van der Waals surface area contributed by atoms with Crippen molar-refractivity contribution in [3.63, 3.8) is 0 Å². The van der Waals surface area contributed by atoms with Gasteiger partial charge in [0.05, 0.1) is 74.4 Å². The summed E-state index contributed by atoms with van der Waals surface area (Å²) >= 11 is 1.06. The lowest BCUT2D eigenvalue weighted by atomic mass is 10.0. The molecule has 1 saturated heterocycles. The molecule has 0 unspecified atom stereocenters. The number of nitrogens with zero attached hydrogens (tertiary/aromatic N) is 5. The second-order valence-electron chi connectivity index (χ2n) is 21.9. The molecular weight excluding hydrogens is 1140 g/mol. The summed E-state index contributed by atoms with van der Waals surface area (Å²) in [6.45, 7) is 5.76. The summed E-state index contributed by atoms with van der Waals surface area (Å²) in [7, 11) is 4.64. The number of unbranched alkanes of at least 4 members (excludes halogenated alkanes) is 2. The number of benzene rings is 4. The number of likely N-dealkylation sites (tertiary alicyclic amines) is 1. The molecule has 0 aromatic heterocycles. The number of rotatable bonds is 27. The van der Waals surface area contributed by atoms with E-state index in [9.17, 15) is 38.4 Å². The summed E-state index contributed by atoms with van der Waals surface area (Å²) in [6, 6.07) is 17.9. The number of hydrogen-bond acceptors (Lipinski definition) is 17. The van der Waals surface area contributed by atoms with Gasteiger partial charge in [0.1, 0.15) is 23.9 Å². The summed E-state index contributed by atoms with van der Waals surface area (Å²) in [5.74, 6) is -1.67. The molecule has 0 aliphatic carbocycles. The maximum Gasteiger partial charge on any atom is 0.321 e. The molecule has 0 saturated carbocycles. The van der Waals surface area contributed by atoms with Crippen molar-refractivity contribution in [2.45, 2.75) is 108 Å². The number of ether oxygens (including phenoxy) is 5. The van der Waals surface area contributed by atoms with Crippen LogP contribution in [0.25, 0.3) is 11.1 Å². The molecule has 6 atom stereocenters. The zero-order chi connectivity index (χ0) is 62.1. The topological polar surface area (TPSA) is 299 Å². The Kier molecular flexibility index (Phi) is 20.1. The van der Waals surface area contributed by atoms with Crippen LogP contribution in [0.1, 0.15) is 104 Å². The third kappa shape index (κ3) is 14.6. The van der Waals surface area contributed by atoms with E-state index in [1.165, 1.54) is 19.1 Å². The van der Waals surface area contributed by atoms with Gasteiger partial charge in [-0.2, -0.15) is 0 Å². The van der Waals surface area contributed by atoms with E-state index in [1.54, 1.807) is 92.7 Å². The maximum absolute atomic E-state index is 14.1. The highest BCUT2D eigenvalue weighted by Gasteiger charge is 2.40. The highest BCUT2D eigenvalue weighted by atomic mass is 32.2. The quantitative estimate of drug-likeness (QED) is 0.0299. The Morgan fingerprint density at radius 1 is 0.678 bits per heavy atom. The third-order valence-electron chi connectivity index (χ3n) is 15.5. The van der Waals surface area contributed by atoms with E-state index >= 15 is 0 Å². The summed E-state index contributed by atoms with van der Waals surface area (Å²) in [5.41, 5.74) is 11.4. The minimum Gasteiger partial charge on any atom is -0.497 e. The van der Waals surface area contributed by atoms with E-state index in [2.05, 4.69) is 16.0 Å². The first-order valence-electron chi connectivity index (χ1n) is 28.8. The van der Waals surface area contributed by atoms with Gasteiger partial charge in [-0.3, -0.25) is 53.2 Å². The number of fused-ring (bicyclic) bond motifs is 4.